The molecule has 0 atom stereocenters. The molecule has 2 rings (SSSR count). The van der Waals surface area contributed by atoms with Gasteiger partial charge >= 0.3 is 0 Å². The zero-order chi connectivity index (χ0) is 14.9. The van der Waals surface area contributed by atoms with Crippen molar-refractivity contribution in [2.24, 2.45) is 0 Å². The van der Waals surface area contributed by atoms with E-state index in [1.54, 1.807) is 11.3 Å². The number of thiazole rings is 1. The molecule has 0 N–H and O–H groups in total. The van der Waals surface area contributed by atoms with Crippen LogP contribution in [0.1, 0.15) is 44.7 Å². The van der Waals surface area contributed by atoms with Gasteiger partial charge in [-0.15, -0.1) is 11.3 Å². The molecule has 0 aliphatic rings. The Kier molecular flexibility index (Phi) is 4.67. The number of nitrogens with zero attached hydrogens (tertiary/aromatic N) is 3. The van der Waals surface area contributed by atoms with Gasteiger partial charge in [0.1, 0.15) is 16.0 Å². The van der Waals surface area contributed by atoms with Crippen LogP contribution in [0, 0.1) is 0 Å². The van der Waals surface area contributed by atoms with Gasteiger partial charge in [0.05, 0.1) is 5.01 Å². The summed E-state index contributed by atoms with van der Waals surface area (Å²) in [6, 6.07) is 0. The number of aromatic nitrogens is 3. The fraction of sp³-hybridized carbons (Fsp3) is 0.500. The van der Waals surface area contributed by atoms with Crippen LogP contribution in [0.4, 0.5) is 0 Å². The molecule has 0 aliphatic heterocycles. The smallest absolute Gasteiger partial charge is 0.181 e. The van der Waals surface area contributed by atoms with Gasteiger partial charge in [-0.1, -0.05) is 57.3 Å². The molecule has 0 amide bonds. The number of rotatable bonds is 3. The predicted molar refractivity (Wildman–Crippen MR) is 85.9 cm³/mol. The molecule has 0 saturated carbocycles. The average Bonchev–Trinajstić information content (AvgIpc) is 2.82. The monoisotopic (exact) mass is 329 g/mol. The predicted octanol–water partition coefficient (Wildman–Crippen LogP) is 5.16. The molecular weight excluding hydrogens is 313 g/mol. The van der Waals surface area contributed by atoms with Crippen molar-refractivity contribution >= 4 is 34.5 Å². The van der Waals surface area contributed by atoms with Crippen molar-refractivity contribution in [3.63, 3.8) is 0 Å². The number of hydrogen-bond acceptors (Lipinski definition) is 4. The van der Waals surface area contributed by atoms with E-state index < -0.39 is 0 Å². The minimum atomic E-state index is 0.0126. The van der Waals surface area contributed by atoms with Crippen LogP contribution in [0.3, 0.4) is 0 Å². The van der Waals surface area contributed by atoms with Crippen molar-refractivity contribution < 1.29 is 0 Å². The molecule has 2 heterocycles. The van der Waals surface area contributed by atoms with Gasteiger partial charge in [-0.05, 0) is 6.42 Å². The number of halogens is 2. The van der Waals surface area contributed by atoms with E-state index in [-0.39, 0.29) is 5.41 Å². The molecule has 20 heavy (non-hydrogen) atoms. The summed E-state index contributed by atoms with van der Waals surface area (Å²) in [7, 11) is 0. The van der Waals surface area contributed by atoms with E-state index in [4.69, 9.17) is 23.2 Å². The Morgan fingerprint density at radius 1 is 1.10 bits per heavy atom. The van der Waals surface area contributed by atoms with Gasteiger partial charge in [0.2, 0.25) is 0 Å². The third-order valence-electron chi connectivity index (χ3n) is 2.78. The van der Waals surface area contributed by atoms with Crippen molar-refractivity contribution in [2.45, 2.75) is 46.0 Å². The Bertz CT molecular complexity index is 594. The van der Waals surface area contributed by atoms with Gasteiger partial charge in [0.15, 0.2) is 5.82 Å². The Hall–Kier alpha value is -0.710. The molecule has 2 aromatic rings. The normalized spacial score (nSPS) is 11.9. The summed E-state index contributed by atoms with van der Waals surface area (Å²) in [5, 5.41) is 3.84. The SMILES string of the molecule is CCCc1c(Cl)nc(-c2csc(C(C)(C)C)n2)nc1Cl. The lowest BCUT2D eigenvalue weighted by Gasteiger charge is -2.13. The first-order valence-electron chi connectivity index (χ1n) is 6.51. The molecule has 0 saturated heterocycles. The largest absolute Gasteiger partial charge is 0.237 e. The number of hydrogen-bond donors (Lipinski definition) is 0. The van der Waals surface area contributed by atoms with Gasteiger partial charge in [0.25, 0.3) is 0 Å². The van der Waals surface area contributed by atoms with Crippen LogP contribution >= 0.6 is 34.5 Å². The Balaban J connectivity index is 2.41. The van der Waals surface area contributed by atoms with Crippen LogP contribution in [0.5, 0.6) is 0 Å². The van der Waals surface area contributed by atoms with Gasteiger partial charge < -0.3 is 0 Å². The van der Waals surface area contributed by atoms with Gasteiger partial charge in [0, 0.05) is 16.4 Å². The molecule has 3 nitrogen and oxygen atoms in total. The lowest BCUT2D eigenvalue weighted by molar-refractivity contribution is 0.586. The van der Waals surface area contributed by atoms with E-state index in [1.807, 2.05) is 5.38 Å². The van der Waals surface area contributed by atoms with Crippen molar-refractivity contribution in [2.75, 3.05) is 0 Å². The first kappa shape index (κ1) is 15.7. The molecule has 0 bridgehead atoms. The van der Waals surface area contributed by atoms with Crippen LogP contribution in [0.2, 0.25) is 10.3 Å². The minimum Gasteiger partial charge on any atom is -0.237 e. The Morgan fingerprint density at radius 3 is 2.15 bits per heavy atom. The van der Waals surface area contributed by atoms with Crippen molar-refractivity contribution in [3.8, 4) is 11.5 Å². The molecule has 0 unspecified atom stereocenters. The van der Waals surface area contributed by atoms with E-state index in [1.165, 1.54) is 0 Å². The summed E-state index contributed by atoms with van der Waals surface area (Å²) in [6.07, 6.45) is 1.73. The van der Waals surface area contributed by atoms with E-state index in [9.17, 15) is 0 Å². The molecule has 0 aromatic carbocycles. The molecule has 0 fully saturated rings. The molecule has 108 valence electrons. The maximum absolute atomic E-state index is 6.20. The van der Waals surface area contributed by atoms with Crippen LogP contribution in [0.25, 0.3) is 11.5 Å². The summed E-state index contributed by atoms with van der Waals surface area (Å²) in [5.74, 6) is 0.492. The molecule has 6 heteroatoms. The highest BCUT2D eigenvalue weighted by molar-refractivity contribution is 7.10. The van der Waals surface area contributed by atoms with Crippen LogP contribution in [0.15, 0.2) is 5.38 Å². The van der Waals surface area contributed by atoms with Crippen molar-refractivity contribution in [3.05, 3.63) is 26.3 Å². The summed E-state index contributed by atoms with van der Waals surface area (Å²) < 4.78 is 0. The van der Waals surface area contributed by atoms with E-state index in [0.717, 1.165) is 29.1 Å². The van der Waals surface area contributed by atoms with Crippen LogP contribution < -0.4 is 0 Å². The molecule has 0 aliphatic carbocycles. The molecule has 2 aromatic heterocycles. The summed E-state index contributed by atoms with van der Waals surface area (Å²) in [5.41, 5.74) is 1.55. The van der Waals surface area contributed by atoms with Crippen LogP contribution in [-0.2, 0) is 11.8 Å². The highest BCUT2D eigenvalue weighted by Crippen LogP contribution is 2.31. The van der Waals surface area contributed by atoms with E-state index in [0.29, 0.717) is 16.1 Å². The molecular formula is C14H17Cl2N3S. The lowest BCUT2D eigenvalue weighted by Crippen LogP contribution is -2.10. The third kappa shape index (κ3) is 3.30. The standard InChI is InChI=1S/C14H17Cl2N3S/c1-5-6-8-10(15)18-12(19-11(8)16)9-7-20-13(17-9)14(2,3)4/h7H,5-6H2,1-4H3. The zero-order valence-electron chi connectivity index (χ0n) is 12.0. The second kappa shape index (κ2) is 5.96. The zero-order valence-corrected chi connectivity index (χ0v) is 14.3. The van der Waals surface area contributed by atoms with E-state index >= 15 is 0 Å². The maximum atomic E-state index is 6.20. The second-order valence-corrected chi connectivity index (χ2v) is 7.22. The van der Waals surface area contributed by atoms with Crippen LogP contribution in [-0.4, -0.2) is 15.0 Å². The molecule has 0 radical (unpaired) electrons. The van der Waals surface area contributed by atoms with Crippen molar-refractivity contribution in [1.82, 2.24) is 15.0 Å². The summed E-state index contributed by atoms with van der Waals surface area (Å²) >= 11 is 14.0. The average molecular weight is 330 g/mol. The highest BCUT2D eigenvalue weighted by Gasteiger charge is 2.20. The minimum absolute atomic E-state index is 0.0126. The van der Waals surface area contributed by atoms with Gasteiger partial charge in [-0.2, -0.15) is 0 Å². The fourth-order valence-corrected chi connectivity index (χ4v) is 3.19. The van der Waals surface area contributed by atoms with Gasteiger partial charge in [-0.3, -0.25) is 0 Å². The highest BCUT2D eigenvalue weighted by atomic mass is 35.5. The summed E-state index contributed by atoms with van der Waals surface area (Å²) in [6.45, 7) is 8.44. The quantitative estimate of drug-likeness (QED) is 0.730. The maximum Gasteiger partial charge on any atom is 0.181 e. The first-order chi connectivity index (χ1) is 9.32. The lowest BCUT2D eigenvalue weighted by atomic mass is 9.98. The van der Waals surface area contributed by atoms with Gasteiger partial charge in [-0.25, -0.2) is 15.0 Å². The van der Waals surface area contributed by atoms with Crippen molar-refractivity contribution in [1.29, 1.82) is 0 Å². The Morgan fingerprint density at radius 2 is 1.70 bits per heavy atom. The second-order valence-electron chi connectivity index (χ2n) is 5.65. The third-order valence-corrected chi connectivity index (χ3v) is 4.67. The summed E-state index contributed by atoms with van der Waals surface area (Å²) in [4.78, 5) is 13.3. The molecule has 0 spiro atoms. The Labute approximate surface area is 133 Å². The fourth-order valence-electron chi connectivity index (χ4n) is 1.72. The topological polar surface area (TPSA) is 38.7 Å². The van der Waals surface area contributed by atoms with E-state index in [2.05, 4.69) is 42.6 Å². The first-order valence-corrected chi connectivity index (χ1v) is 8.14.